The van der Waals surface area contributed by atoms with E-state index in [0.29, 0.717) is 0 Å². The maximum atomic E-state index is 10.9. The summed E-state index contributed by atoms with van der Waals surface area (Å²) in [5, 5.41) is 0. The van der Waals surface area contributed by atoms with Crippen LogP contribution in [0.25, 0.3) is 0 Å². The topological polar surface area (TPSA) is 114 Å². The van der Waals surface area contributed by atoms with Gasteiger partial charge in [-0.25, -0.2) is 16.8 Å². The van der Waals surface area contributed by atoms with Gasteiger partial charge in [0.05, 0.1) is 9.79 Å². The molecule has 0 saturated heterocycles. The van der Waals surface area contributed by atoms with E-state index in [1.165, 1.54) is 217 Å². The predicted molar refractivity (Wildman–Crippen MR) is 241 cm³/mol. The number of unbranched alkanes of at least 4 members (excludes halogenated alkanes) is 30. The molecular weight excluding hydrogens is 761 g/mol. The molecule has 9 heteroatoms. The molecule has 6 nitrogen and oxygen atoms in total. The average molecular weight is 844 g/mol. The van der Waals surface area contributed by atoms with Crippen molar-refractivity contribution in [2.75, 3.05) is 0 Å². The summed E-state index contributed by atoms with van der Waals surface area (Å²) in [6.45, 7) is 4.55. The number of benzene rings is 2. The molecule has 0 heterocycles. The van der Waals surface area contributed by atoms with Crippen molar-refractivity contribution in [3.63, 3.8) is 0 Å². The summed E-state index contributed by atoms with van der Waals surface area (Å²) in [6, 6.07) is 12.7. The number of hydrogen-bond donors (Lipinski definition) is 0. The third-order valence-electron chi connectivity index (χ3n) is 11.1. The smallest absolute Gasteiger partial charge is 0.744 e. The maximum Gasteiger partial charge on any atom is 2.00 e. The summed E-state index contributed by atoms with van der Waals surface area (Å²) in [7, 11) is -8.64. The number of aryl methyl sites for hydroxylation is 2. The molecule has 0 aliphatic rings. The first-order valence-corrected chi connectivity index (χ1v) is 26.0. The molecule has 0 saturated carbocycles. The zero-order valence-corrected chi connectivity index (χ0v) is 39.7. The summed E-state index contributed by atoms with van der Waals surface area (Å²) < 4.78 is 65.4. The molecule has 0 spiro atoms. The molecule has 0 radical (unpaired) electrons. The molecular formula is C48H82MgO6S2. The van der Waals surface area contributed by atoms with Gasteiger partial charge in [-0.2, -0.15) is 0 Å². The Hall–Kier alpha value is -0.974. The van der Waals surface area contributed by atoms with Crippen LogP contribution in [0, 0.1) is 0 Å². The van der Waals surface area contributed by atoms with Gasteiger partial charge in [-0.1, -0.05) is 231 Å². The summed E-state index contributed by atoms with van der Waals surface area (Å²) in [6.07, 6.45) is 45.5. The second kappa shape index (κ2) is 38.0. The van der Waals surface area contributed by atoms with Crippen LogP contribution in [0.4, 0.5) is 0 Å². The van der Waals surface area contributed by atoms with E-state index < -0.39 is 20.2 Å². The fourth-order valence-electron chi connectivity index (χ4n) is 7.40. The molecule has 0 unspecified atom stereocenters. The summed E-state index contributed by atoms with van der Waals surface area (Å²) in [5.41, 5.74) is 2.22. The van der Waals surface area contributed by atoms with Crippen molar-refractivity contribution < 1.29 is 25.9 Å². The maximum absolute atomic E-state index is 10.9. The van der Waals surface area contributed by atoms with Crippen molar-refractivity contribution in [2.45, 2.75) is 242 Å². The molecule has 0 bridgehead atoms. The fraction of sp³-hybridized carbons (Fsp3) is 0.750. The molecule has 0 amide bonds. The van der Waals surface area contributed by atoms with Gasteiger partial charge >= 0.3 is 23.1 Å². The van der Waals surface area contributed by atoms with Gasteiger partial charge in [0, 0.05) is 0 Å². The first-order valence-electron chi connectivity index (χ1n) is 23.2. The van der Waals surface area contributed by atoms with E-state index in [0.717, 1.165) is 36.8 Å². The molecule has 0 atom stereocenters. The van der Waals surface area contributed by atoms with Crippen LogP contribution in [-0.2, 0) is 33.1 Å². The van der Waals surface area contributed by atoms with Gasteiger partial charge in [-0.05, 0) is 61.1 Å². The van der Waals surface area contributed by atoms with Crippen LogP contribution in [0.1, 0.15) is 230 Å². The summed E-state index contributed by atoms with van der Waals surface area (Å²) in [4.78, 5) is -0.272. The predicted octanol–water partition coefficient (Wildman–Crippen LogP) is 14.4. The number of rotatable bonds is 36. The van der Waals surface area contributed by atoms with Gasteiger partial charge in [0.2, 0.25) is 0 Å². The zero-order chi connectivity index (χ0) is 41.0. The van der Waals surface area contributed by atoms with Crippen molar-refractivity contribution in [3.05, 3.63) is 59.7 Å². The molecule has 324 valence electrons. The molecule has 0 fully saturated rings. The fourth-order valence-corrected chi connectivity index (χ4v) is 8.34. The standard InChI is InChI=1S/2C24H42O3S.Mg/c2*1-2-3-4-5-6-7-8-9-10-11-12-13-14-15-16-17-18-23-19-21-24(22-20-23)28(25,26)27;/h2*19-22H,2-18H2,1H3,(H,25,26,27);/q;;+2/p-2. The van der Waals surface area contributed by atoms with Crippen LogP contribution in [0.2, 0.25) is 0 Å². The molecule has 2 aromatic rings. The van der Waals surface area contributed by atoms with Gasteiger partial charge in [-0.15, -0.1) is 0 Å². The Kier molecular flexibility index (Phi) is 37.3. The molecule has 0 aliphatic carbocycles. The van der Waals surface area contributed by atoms with Crippen LogP contribution < -0.4 is 0 Å². The van der Waals surface area contributed by atoms with E-state index in [2.05, 4.69) is 13.8 Å². The van der Waals surface area contributed by atoms with Crippen LogP contribution in [0.15, 0.2) is 58.3 Å². The SMILES string of the molecule is CCCCCCCCCCCCCCCCCCc1ccc(S(=O)(=O)[O-])cc1.CCCCCCCCCCCCCCCCCCc1ccc(S(=O)(=O)[O-])cc1.[Mg+2]. The Morgan fingerprint density at radius 3 is 0.667 bits per heavy atom. The van der Waals surface area contributed by atoms with E-state index in [1.807, 2.05) is 0 Å². The Balaban J connectivity index is 0.00000108. The van der Waals surface area contributed by atoms with Crippen LogP contribution in [0.3, 0.4) is 0 Å². The minimum Gasteiger partial charge on any atom is -0.744 e. The van der Waals surface area contributed by atoms with Crippen LogP contribution in [-0.4, -0.2) is 49.0 Å². The van der Waals surface area contributed by atoms with E-state index in [9.17, 15) is 25.9 Å². The Bertz CT molecular complexity index is 1270. The normalized spacial score (nSPS) is 11.6. The van der Waals surface area contributed by atoms with E-state index in [-0.39, 0.29) is 32.8 Å². The zero-order valence-electron chi connectivity index (χ0n) is 36.6. The summed E-state index contributed by atoms with van der Waals surface area (Å²) in [5.74, 6) is 0. The summed E-state index contributed by atoms with van der Waals surface area (Å²) >= 11 is 0. The van der Waals surface area contributed by atoms with Crippen molar-refractivity contribution in [3.8, 4) is 0 Å². The first-order chi connectivity index (χ1) is 27.1. The molecule has 0 aliphatic heterocycles. The van der Waals surface area contributed by atoms with E-state index in [4.69, 9.17) is 0 Å². The minimum atomic E-state index is -4.32. The molecule has 57 heavy (non-hydrogen) atoms. The molecule has 0 aromatic heterocycles. The van der Waals surface area contributed by atoms with Crippen molar-refractivity contribution >= 4 is 43.3 Å². The second-order valence-electron chi connectivity index (χ2n) is 16.3. The van der Waals surface area contributed by atoms with Gasteiger partial charge < -0.3 is 9.11 Å². The third kappa shape index (κ3) is 34.4. The molecule has 0 N–H and O–H groups in total. The monoisotopic (exact) mass is 843 g/mol. The number of hydrogen-bond acceptors (Lipinski definition) is 6. The Morgan fingerprint density at radius 2 is 0.491 bits per heavy atom. The van der Waals surface area contributed by atoms with Crippen molar-refractivity contribution in [1.29, 1.82) is 0 Å². The molecule has 2 aromatic carbocycles. The Labute approximate surface area is 368 Å². The quantitative estimate of drug-likeness (QED) is 0.0383. The van der Waals surface area contributed by atoms with Crippen molar-refractivity contribution in [2.24, 2.45) is 0 Å². The average Bonchev–Trinajstić information content (AvgIpc) is 3.17. The Morgan fingerprint density at radius 1 is 0.316 bits per heavy atom. The van der Waals surface area contributed by atoms with Gasteiger partial charge in [0.1, 0.15) is 20.2 Å². The van der Waals surface area contributed by atoms with E-state index >= 15 is 0 Å². The van der Waals surface area contributed by atoms with Gasteiger partial charge in [0.15, 0.2) is 0 Å². The van der Waals surface area contributed by atoms with E-state index in [1.54, 1.807) is 24.3 Å². The van der Waals surface area contributed by atoms with Crippen LogP contribution in [0.5, 0.6) is 0 Å². The first kappa shape index (κ1) is 56.0. The largest absolute Gasteiger partial charge is 2.00 e. The second-order valence-corrected chi connectivity index (χ2v) is 19.1. The van der Waals surface area contributed by atoms with Crippen molar-refractivity contribution in [1.82, 2.24) is 0 Å². The van der Waals surface area contributed by atoms with Crippen LogP contribution >= 0.6 is 0 Å². The van der Waals surface area contributed by atoms with Gasteiger partial charge in [0.25, 0.3) is 0 Å². The minimum absolute atomic E-state index is 0. The third-order valence-corrected chi connectivity index (χ3v) is 12.8. The molecule has 2 rings (SSSR count). The van der Waals surface area contributed by atoms with Gasteiger partial charge in [-0.3, -0.25) is 0 Å².